The first kappa shape index (κ1) is 15.7. The number of carbonyl (C=O) groups is 1. The second-order valence-corrected chi connectivity index (χ2v) is 6.26. The van der Waals surface area contributed by atoms with Crippen molar-refractivity contribution in [1.29, 1.82) is 0 Å². The molecule has 1 aromatic rings. The van der Waals surface area contributed by atoms with Crippen LogP contribution in [-0.2, 0) is 4.79 Å². The summed E-state index contributed by atoms with van der Waals surface area (Å²) < 4.78 is 11.3. The Morgan fingerprint density at radius 1 is 1.19 bits per heavy atom. The molecule has 1 heterocycles. The van der Waals surface area contributed by atoms with Gasteiger partial charge in [0.2, 0.25) is 6.10 Å². The fraction of sp³-hybridized carbons (Fsp3) is 0.588. The van der Waals surface area contributed by atoms with Gasteiger partial charge in [0.25, 0.3) is 5.91 Å². The van der Waals surface area contributed by atoms with Crippen LogP contribution in [0.3, 0.4) is 0 Å². The lowest BCUT2D eigenvalue weighted by molar-refractivity contribution is -0.130. The van der Waals surface area contributed by atoms with Crippen molar-refractivity contribution in [3.8, 4) is 11.5 Å². The quantitative estimate of drug-likeness (QED) is 0.907. The van der Waals surface area contributed by atoms with Gasteiger partial charge < -0.3 is 14.8 Å². The van der Waals surface area contributed by atoms with Crippen LogP contribution in [-0.4, -0.2) is 25.2 Å². The van der Waals surface area contributed by atoms with Crippen LogP contribution in [0.5, 0.6) is 11.5 Å². The summed E-state index contributed by atoms with van der Waals surface area (Å²) >= 11 is 0. The van der Waals surface area contributed by atoms with Crippen LogP contribution >= 0.6 is 0 Å². The van der Waals surface area contributed by atoms with Crippen molar-refractivity contribution in [2.45, 2.75) is 33.8 Å². The molecule has 0 fully saturated rings. The summed E-state index contributed by atoms with van der Waals surface area (Å²) in [6.07, 6.45) is -0.570. The normalized spacial score (nSPS) is 17.4. The third kappa shape index (κ3) is 3.90. The Labute approximate surface area is 126 Å². The second kappa shape index (κ2) is 6.83. The number of ether oxygens (including phenoxy) is 2. The third-order valence-corrected chi connectivity index (χ3v) is 4.03. The molecule has 4 nitrogen and oxygen atoms in total. The molecule has 1 amide bonds. The summed E-state index contributed by atoms with van der Waals surface area (Å²) in [5, 5.41) is 3.00. The van der Waals surface area contributed by atoms with Gasteiger partial charge in [-0.15, -0.1) is 0 Å². The molecule has 1 N–H and O–H groups in total. The number of nitrogens with one attached hydrogen (secondary N) is 1. The van der Waals surface area contributed by atoms with Gasteiger partial charge in [0.05, 0.1) is 0 Å². The van der Waals surface area contributed by atoms with Crippen molar-refractivity contribution in [3.05, 3.63) is 24.3 Å². The zero-order valence-corrected chi connectivity index (χ0v) is 13.3. The highest BCUT2D eigenvalue weighted by atomic mass is 16.6. The zero-order valence-electron chi connectivity index (χ0n) is 13.3. The lowest BCUT2D eigenvalue weighted by atomic mass is 9.85. The van der Waals surface area contributed by atoms with Crippen molar-refractivity contribution in [3.63, 3.8) is 0 Å². The molecule has 0 radical (unpaired) electrons. The highest BCUT2D eigenvalue weighted by Gasteiger charge is 2.28. The lowest BCUT2D eigenvalue weighted by Gasteiger charge is -2.28. The maximum Gasteiger partial charge on any atom is 0.264 e. The van der Waals surface area contributed by atoms with Gasteiger partial charge in [-0.3, -0.25) is 4.79 Å². The zero-order chi connectivity index (χ0) is 15.4. The standard InChI is InChI=1S/C17H25NO3/c1-11(2)13(12(3)4)9-18-17(19)16-10-20-14-7-5-6-8-15(14)21-16/h5-8,11-13,16H,9-10H2,1-4H3,(H,18,19). The third-order valence-electron chi connectivity index (χ3n) is 4.03. The Morgan fingerprint density at radius 3 is 2.43 bits per heavy atom. The highest BCUT2D eigenvalue weighted by Crippen LogP contribution is 2.30. The van der Waals surface area contributed by atoms with Crippen molar-refractivity contribution in [2.75, 3.05) is 13.2 Å². The van der Waals surface area contributed by atoms with E-state index in [4.69, 9.17) is 9.47 Å². The Hall–Kier alpha value is -1.71. The summed E-state index contributed by atoms with van der Waals surface area (Å²) in [7, 11) is 0. The number of amides is 1. The van der Waals surface area contributed by atoms with E-state index >= 15 is 0 Å². The molecule has 0 saturated carbocycles. The molecule has 116 valence electrons. The second-order valence-electron chi connectivity index (χ2n) is 6.26. The minimum absolute atomic E-state index is 0.101. The topological polar surface area (TPSA) is 47.6 Å². The minimum atomic E-state index is -0.570. The number of benzene rings is 1. The molecule has 0 saturated heterocycles. The number of para-hydroxylation sites is 2. The van der Waals surface area contributed by atoms with Crippen molar-refractivity contribution >= 4 is 5.91 Å². The molecule has 0 spiro atoms. The van der Waals surface area contributed by atoms with Crippen LogP contribution in [0.15, 0.2) is 24.3 Å². The van der Waals surface area contributed by atoms with Gasteiger partial charge in [0.15, 0.2) is 11.5 Å². The first-order chi connectivity index (χ1) is 9.99. The van der Waals surface area contributed by atoms with Gasteiger partial charge in [-0.1, -0.05) is 39.8 Å². The Morgan fingerprint density at radius 2 is 1.81 bits per heavy atom. The minimum Gasteiger partial charge on any atom is -0.485 e. The first-order valence-corrected chi connectivity index (χ1v) is 7.65. The summed E-state index contributed by atoms with van der Waals surface area (Å²) in [6, 6.07) is 7.42. The van der Waals surface area contributed by atoms with Gasteiger partial charge in [-0.25, -0.2) is 0 Å². The molecule has 0 aromatic heterocycles. The average Bonchev–Trinajstić information content (AvgIpc) is 2.46. The predicted octanol–water partition coefficient (Wildman–Crippen LogP) is 2.87. The monoisotopic (exact) mass is 291 g/mol. The van der Waals surface area contributed by atoms with E-state index in [1.54, 1.807) is 0 Å². The van der Waals surface area contributed by atoms with E-state index < -0.39 is 6.10 Å². The molecule has 1 aromatic carbocycles. The number of hydrogen-bond donors (Lipinski definition) is 1. The summed E-state index contributed by atoms with van der Waals surface area (Å²) in [5.41, 5.74) is 0. The predicted molar refractivity (Wildman–Crippen MR) is 82.5 cm³/mol. The number of fused-ring (bicyclic) bond motifs is 1. The fourth-order valence-electron chi connectivity index (χ4n) is 2.72. The van der Waals surface area contributed by atoms with E-state index in [2.05, 4.69) is 33.0 Å². The highest BCUT2D eigenvalue weighted by molar-refractivity contribution is 5.81. The van der Waals surface area contributed by atoms with E-state index in [1.807, 2.05) is 24.3 Å². The molecular formula is C17H25NO3. The van der Waals surface area contributed by atoms with Crippen LogP contribution in [0.2, 0.25) is 0 Å². The van der Waals surface area contributed by atoms with Crippen LogP contribution < -0.4 is 14.8 Å². The van der Waals surface area contributed by atoms with Gasteiger partial charge in [0.1, 0.15) is 6.61 Å². The number of rotatable bonds is 5. The number of carbonyl (C=O) groups excluding carboxylic acids is 1. The SMILES string of the molecule is CC(C)C(CNC(=O)C1COc2ccccc2O1)C(C)C. The van der Waals surface area contributed by atoms with Crippen LogP contribution in [0.1, 0.15) is 27.7 Å². The first-order valence-electron chi connectivity index (χ1n) is 7.65. The van der Waals surface area contributed by atoms with Crippen molar-refractivity contribution in [2.24, 2.45) is 17.8 Å². The van der Waals surface area contributed by atoms with Gasteiger partial charge >= 0.3 is 0 Å². The van der Waals surface area contributed by atoms with Crippen LogP contribution in [0.25, 0.3) is 0 Å². The molecule has 21 heavy (non-hydrogen) atoms. The van der Waals surface area contributed by atoms with Crippen molar-refractivity contribution in [1.82, 2.24) is 5.32 Å². The molecule has 1 aliphatic heterocycles. The van der Waals surface area contributed by atoms with Crippen molar-refractivity contribution < 1.29 is 14.3 Å². The van der Waals surface area contributed by atoms with E-state index in [0.29, 0.717) is 35.8 Å². The fourth-order valence-corrected chi connectivity index (χ4v) is 2.72. The molecule has 0 aliphatic carbocycles. The molecule has 1 aliphatic rings. The van der Waals surface area contributed by atoms with Gasteiger partial charge in [0, 0.05) is 6.54 Å². The Kier molecular flexibility index (Phi) is 5.10. The van der Waals surface area contributed by atoms with Gasteiger partial charge in [-0.2, -0.15) is 0 Å². The van der Waals surface area contributed by atoms with E-state index in [0.717, 1.165) is 0 Å². The van der Waals surface area contributed by atoms with E-state index in [9.17, 15) is 4.79 Å². The molecule has 1 atom stereocenters. The van der Waals surface area contributed by atoms with Crippen LogP contribution in [0.4, 0.5) is 0 Å². The molecule has 4 heteroatoms. The largest absolute Gasteiger partial charge is 0.485 e. The summed E-state index contributed by atoms with van der Waals surface area (Å²) in [4.78, 5) is 12.2. The van der Waals surface area contributed by atoms with Gasteiger partial charge in [-0.05, 0) is 29.9 Å². The molecule has 0 bridgehead atoms. The van der Waals surface area contributed by atoms with E-state index in [-0.39, 0.29) is 12.5 Å². The lowest BCUT2D eigenvalue weighted by Crippen LogP contribution is -2.46. The molecule has 1 unspecified atom stereocenters. The number of hydrogen-bond acceptors (Lipinski definition) is 3. The molecular weight excluding hydrogens is 266 g/mol. The molecule has 2 rings (SSSR count). The smallest absolute Gasteiger partial charge is 0.264 e. The summed E-state index contributed by atoms with van der Waals surface area (Å²) in [6.45, 7) is 9.69. The van der Waals surface area contributed by atoms with Crippen LogP contribution in [0, 0.1) is 17.8 Å². The maximum absolute atomic E-state index is 12.2. The summed E-state index contributed by atoms with van der Waals surface area (Å²) in [5.74, 6) is 2.77. The maximum atomic E-state index is 12.2. The average molecular weight is 291 g/mol. The van der Waals surface area contributed by atoms with E-state index in [1.165, 1.54) is 0 Å². The Bertz CT molecular complexity index is 477. The Balaban J connectivity index is 1.90.